The van der Waals surface area contributed by atoms with Crippen molar-refractivity contribution in [1.82, 2.24) is 19.1 Å². The van der Waals surface area contributed by atoms with Gasteiger partial charge < -0.3 is 4.57 Å². The number of rotatable bonds is 3. The summed E-state index contributed by atoms with van der Waals surface area (Å²) in [6.45, 7) is 8.03. The third-order valence-electron chi connectivity index (χ3n) is 5.94. The molecule has 0 atom stereocenters. The first-order valence-electron chi connectivity index (χ1n) is 12.6. The van der Waals surface area contributed by atoms with Crippen molar-refractivity contribution in [3.8, 4) is 17.1 Å². The van der Waals surface area contributed by atoms with Crippen LogP contribution >= 0.6 is 0 Å². The van der Waals surface area contributed by atoms with Gasteiger partial charge in [0.05, 0.1) is 0 Å². The lowest BCUT2D eigenvalue weighted by molar-refractivity contribution is 0.396. The van der Waals surface area contributed by atoms with Gasteiger partial charge in [0.2, 0.25) is 0 Å². The van der Waals surface area contributed by atoms with Crippen LogP contribution < -0.4 is 0 Å². The van der Waals surface area contributed by atoms with E-state index in [2.05, 4.69) is 59.8 Å². The first-order chi connectivity index (χ1) is 16.5. The maximum atomic E-state index is 8.15. The molecular weight excluding hydrogens is 392 g/mol. The quantitative estimate of drug-likeness (QED) is 0.306. The van der Waals surface area contributed by atoms with Crippen molar-refractivity contribution in [2.75, 3.05) is 0 Å². The van der Waals surface area contributed by atoms with Gasteiger partial charge in [0.25, 0.3) is 0 Å². The fourth-order valence-electron chi connectivity index (χ4n) is 4.68. The molecule has 0 spiro atoms. The van der Waals surface area contributed by atoms with E-state index < -0.39 is 12.4 Å². The average molecular weight is 426 g/mol. The second-order valence-corrected chi connectivity index (χ2v) is 9.60. The Balaban J connectivity index is 1.95. The Kier molecular flexibility index (Phi) is 3.94. The molecule has 0 aliphatic heterocycles. The molecule has 0 N–H and O–H groups in total. The van der Waals surface area contributed by atoms with Gasteiger partial charge in [-0.2, -0.15) is 0 Å². The van der Waals surface area contributed by atoms with Crippen molar-refractivity contribution in [1.29, 1.82) is 0 Å². The first-order valence-corrected chi connectivity index (χ1v) is 11.1. The van der Waals surface area contributed by atoms with Gasteiger partial charge in [0.15, 0.2) is 11.3 Å². The van der Waals surface area contributed by atoms with Gasteiger partial charge in [-0.15, -0.1) is 0 Å². The van der Waals surface area contributed by atoms with Gasteiger partial charge in [-0.3, -0.25) is 4.57 Å². The number of aromatic nitrogens is 4. The summed E-state index contributed by atoms with van der Waals surface area (Å²) in [6.07, 6.45) is 0. The van der Waals surface area contributed by atoms with Gasteiger partial charge >= 0.3 is 0 Å². The van der Waals surface area contributed by atoms with Crippen LogP contribution in [0, 0.1) is 6.85 Å². The average Bonchev–Trinajstić information content (AvgIpc) is 3.34. The van der Waals surface area contributed by atoms with Gasteiger partial charge in [0, 0.05) is 20.9 Å². The Morgan fingerprint density at radius 3 is 2.28 bits per heavy atom. The van der Waals surface area contributed by atoms with Gasteiger partial charge in [-0.1, -0.05) is 68.4 Å². The molecule has 2 heterocycles. The van der Waals surface area contributed by atoms with E-state index in [4.69, 9.17) is 9.10 Å². The van der Waals surface area contributed by atoms with E-state index in [1.54, 1.807) is 0 Å². The van der Waals surface area contributed by atoms with Gasteiger partial charge in [-0.05, 0) is 62.0 Å². The molecule has 0 saturated carbocycles. The van der Waals surface area contributed by atoms with Crippen molar-refractivity contribution in [3.05, 3.63) is 78.1 Å². The van der Waals surface area contributed by atoms with Crippen LogP contribution in [-0.2, 0) is 5.54 Å². The molecule has 0 aliphatic rings. The maximum Gasteiger partial charge on any atom is 0.198 e. The van der Waals surface area contributed by atoms with E-state index >= 15 is 0 Å². The monoisotopic (exact) mass is 425 g/mol. The predicted molar refractivity (Wildman–Crippen MR) is 134 cm³/mol. The highest BCUT2D eigenvalue weighted by molar-refractivity contribution is 5.93. The summed E-state index contributed by atoms with van der Waals surface area (Å²) in [7, 11) is 0. The highest BCUT2D eigenvalue weighted by atomic mass is 15.3. The van der Waals surface area contributed by atoms with Crippen LogP contribution in [0.4, 0.5) is 0 Å². The van der Waals surface area contributed by atoms with Crippen molar-refractivity contribution in [2.45, 2.75) is 52.9 Å². The number of nitrogens with zero attached hydrogens (tertiary/aromatic N) is 4. The molecule has 4 heteroatoms. The third kappa shape index (κ3) is 3.13. The SMILES string of the molecule is [2H]C([2H])([2H])c1nc2nc(-c3ccc4ccccc4c3C(C)C)n(-c3ccccc3)c2n1C(C)(C)C. The molecule has 0 aliphatic carbocycles. The molecule has 0 radical (unpaired) electrons. The Bertz CT molecular complexity index is 1530. The summed E-state index contributed by atoms with van der Waals surface area (Å²) in [4.78, 5) is 9.59. The van der Waals surface area contributed by atoms with Crippen LogP contribution in [0.1, 0.15) is 56.0 Å². The molecule has 5 rings (SSSR count). The van der Waals surface area contributed by atoms with Crippen LogP contribution in [0.3, 0.4) is 0 Å². The highest BCUT2D eigenvalue weighted by Crippen LogP contribution is 2.38. The lowest BCUT2D eigenvalue weighted by atomic mass is 9.90. The number of aryl methyl sites for hydroxylation is 1. The van der Waals surface area contributed by atoms with E-state index in [9.17, 15) is 0 Å². The van der Waals surface area contributed by atoms with Crippen molar-refractivity contribution in [3.63, 3.8) is 0 Å². The molecule has 4 nitrogen and oxygen atoms in total. The summed E-state index contributed by atoms with van der Waals surface area (Å²) in [5.74, 6) is 1.08. The molecule has 3 aromatic carbocycles. The molecule has 32 heavy (non-hydrogen) atoms. The molecule has 0 bridgehead atoms. The zero-order chi connectivity index (χ0) is 25.1. The normalized spacial score (nSPS) is 14.1. The predicted octanol–water partition coefficient (Wildman–Crippen LogP) is 7.23. The van der Waals surface area contributed by atoms with E-state index in [-0.39, 0.29) is 11.7 Å². The Morgan fingerprint density at radius 1 is 0.875 bits per heavy atom. The summed E-state index contributed by atoms with van der Waals surface area (Å²) >= 11 is 0. The fourth-order valence-corrected chi connectivity index (χ4v) is 4.68. The fraction of sp³-hybridized carbons (Fsp3) is 0.286. The molecule has 0 saturated heterocycles. The van der Waals surface area contributed by atoms with Crippen LogP contribution in [0.15, 0.2) is 66.7 Å². The molecule has 5 aromatic rings. The summed E-state index contributed by atoms with van der Waals surface area (Å²) in [6, 6.07) is 22.6. The number of para-hydroxylation sites is 1. The minimum absolute atomic E-state index is 0.0568. The smallest absolute Gasteiger partial charge is 0.198 e. The van der Waals surface area contributed by atoms with Crippen LogP contribution in [0.2, 0.25) is 0 Å². The summed E-state index contributed by atoms with van der Waals surface area (Å²) in [5, 5.41) is 2.38. The van der Waals surface area contributed by atoms with Crippen LogP contribution in [-0.4, -0.2) is 19.1 Å². The van der Waals surface area contributed by atoms with Crippen LogP contribution in [0.25, 0.3) is 39.1 Å². The van der Waals surface area contributed by atoms with Crippen molar-refractivity contribution in [2.24, 2.45) is 0 Å². The molecule has 0 fully saturated rings. The number of imidazole rings is 2. The van der Waals surface area contributed by atoms with E-state index in [0.717, 1.165) is 17.1 Å². The Morgan fingerprint density at radius 2 is 1.59 bits per heavy atom. The van der Waals surface area contributed by atoms with Crippen molar-refractivity contribution >= 4 is 22.1 Å². The number of hydrogen-bond acceptors (Lipinski definition) is 2. The lowest BCUT2D eigenvalue weighted by Gasteiger charge is -2.25. The van der Waals surface area contributed by atoms with Crippen LogP contribution in [0.5, 0.6) is 0 Å². The van der Waals surface area contributed by atoms with Gasteiger partial charge in [-0.25, -0.2) is 9.97 Å². The molecule has 0 amide bonds. The topological polar surface area (TPSA) is 35.6 Å². The number of hydrogen-bond donors (Lipinski definition) is 0. The lowest BCUT2D eigenvalue weighted by Crippen LogP contribution is -2.24. The van der Waals surface area contributed by atoms with Crippen molar-refractivity contribution < 1.29 is 4.11 Å². The second kappa shape index (κ2) is 7.33. The second-order valence-electron chi connectivity index (χ2n) is 9.60. The third-order valence-corrected chi connectivity index (χ3v) is 5.94. The Labute approximate surface area is 193 Å². The first kappa shape index (κ1) is 17.2. The zero-order valence-corrected chi connectivity index (χ0v) is 19.2. The Hall–Kier alpha value is -3.40. The van der Waals surface area contributed by atoms with E-state index in [1.165, 1.54) is 16.3 Å². The van der Waals surface area contributed by atoms with E-state index in [1.807, 2.05) is 55.7 Å². The minimum Gasteiger partial charge on any atom is -0.307 e. The minimum atomic E-state index is -2.36. The molecule has 162 valence electrons. The number of fused-ring (bicyclic) bond motifs is 2. The molecule has 0 unspecified atom stereocenters. The number of benzene rings is 3. The van der Waals surface area contributed by atoms with Gasteiger partial charge in [0.1, 0.15) is 11.6 Å². The molecule has 2 aromatic heterocycles. The standard InChI is InChI=1S/C28H30N4/c1-18(2)24-22-15-11-10-12-20(22)16-17-23(24)26-30-25-27(31(26)21-13-8-7-9-14-21)32(19(3)29-25)28(4,5)6/h7-18H,1-6H3/i3D3. The summed E-state index contributed by atoms with van der Waals surface area (Å²) < 4.78 is 28.4. The largest absolute Gasteiger partial charge is 0.307 e. The molecular formula is C28H30N4. The van der Waals surface area contributed by atoms with E-state index in [0.29, 0.717) is 11.3 Å². The highest BCUT2D eigenvalue weighted by Gasteiger charge is 2.27. The summed E-state index contributed by atoms with van der Waals surface area (Å²) in [5.41, 5.74) is 3.76. The maximum absolute atomic E-state index is 8.15. The zero-order valence-electron chi connectivity index (χ0n) is 22.2.